The average molecular weight is 827 g/mol. The van der Waals surface area contributed by atoms with E-state index in [4.69, 9.17) is 28.8 Å². The minimum Gasteiger partial charge on any atom is -0.481 e. The Hall–Kier alpha value is -3.52. The van der Waals surface area contributed by atoms with Crippen molar-refractivity contribution in [2.75, 3.05) is 0 Å². The van der Waals surface area contributed by atoms with E-state index in [2.05, 4.69) is 13.0 Å². The number of hydrogen-bond acceptors (Lipinski definition) is 9. The first-order valence-corrected chi connectivity index (χ1v) is 21.4. The van der Waals surface area contributed by atoms with Crippen LogP contribution >= 0.6 is 0 Å². The Kier molecular flexibility index (Phi) is 17.6. The second-order valence-corrected chi connectivity index (χ2v) is 16.7. The molecular formula is C47H64F2O10. The smallest absolute Gasteiger partial charge is 0.331 e. The summed E-state index contributed by atoms with van der Waals surface area (Å²) in [4.78, 5) is 23.9. The number of aliphatic carboxylic acids is 1. The molecule has 10 nitrogen and oxygen atoms in total. The SMILES string of the molecule is C/C(=C\[C@H](C)CCCCC(=O)O)[C@@H]1O[C@@H]2C=C[C@H]1OC(=O)\C=C/C=C\C=C\[C@H]1O[C@@H]3C[C@H]1O[C@@H](/C=C/C[C@H]1O[C@H](CC(F)(F)[C@H]1C)[C@@H](O)[C@@H](O)/C=C/CC/C=C/C2)[C@@H]3C. The van der Waals surface area contributed by atoms with E-state index in [0.717, 1.165) is 24.8 Å². The molecule has 6 rings (SSSR count). The van der Waals surface area contributed by atoms with Crippen molar-refractivity contribution >= 4 is 11.9 Å². The Balaban J connectivity index is 1.30. The highest BCUT2D eigenvalue weighted by Gasteiger charge is 2.51. The van der Waals surface area contributed by atoms with Crippen molar-refractivity contribution in [3.05, 3.63) is 96.7 Å². The molecule has 59 heavy (non-hydrogen) atoms. The van der Waals surface area contributed by atoms with E-state index in [-0.39, 0.29) is 55.2 Å². The molecule has 3 fully saturated rings. The van der Waals surface area contributed by atoms with Crippen LogP contribution in [0, 0.1) is 17.8 Å². The van der Waals surface area contributed by atoms with Gasteiger partial charge in [0.1, 0.15) is 24.4 Å². The molecule has 6 aliphatic heterocycles. The van der Waals surface area contributed by atoms with Gasteiger partial charge in [-0.2, -0.15) is 0 Å². The molecule has 3 N–H and O–H groups in total. The summed E-state index contributed by atoms with van der Waals surface area (Å²) in [7, 11) is 0. The van der Waals surface area contributed by atoms with Crippen molar-refractivity contribution < 1.29 is 57.4 Å². The van der Waals surface area contributed by atoms with Gasteiger partial charge >= 0.3 is 11.9 Å². The number of halogens is 2. The molecule has 0 aromatic rings. The van der Waals surface area contributed by atoms with Crippen LogP contribution in [0.15, 0.2) is 96.7 Å². The lowest BCUT2D eigenvalue weighted by Gasteiger charge is -2.42. The summed E-state index contributed by atoms with van der Waals surface area (Å²) in [5, 5.41) is 30.7. The molecule has 3 saturated heterocycles. The van der Waals surface area contributed by atoms with E-state index in [0.29, 0.717) is 25.7 Å². The number of carboxylic acids is 1. The summed E-state index contributed by atoms with van der Waals surface area (Å²) in [6.07, 6.45) is 24.1. The molecule has 0 aromatic carbocycles. The number of rotatable bonds is 7. The van der Waals surface area contributed by atoms with E-state index in [1.54, 1.807) is 24.3 Å². The number of allylic oxidation sites excluding steroid dienone is 7. The lowest BCUT2D eigenvalue weighted by atomic mass is 9.85. The third-order valence-electron chi connectivity index (χ3n) is 12.0. The molecule has 0 radical (unpaired) electrons. The van der Waals surface area contributed by atoms with Gasteiger partial charge in [0.2, 0.25) is 0 Å². The number of alkyl halides is 2. The number of carboxylic acid groups (broad SMARTS) is 1. The Bertz CT molecular complexity index is 1630. The fourth-order valence-corrected chi connectivity index (χ4v) is 8.37. The highest BCUT2D eigenvalue weighted by Crippen LogP contribution is 2.42. The summed E-state index contributed by atoms with van der Waals surface area (Å²) in [6.45, 7) is 7.54. The van der Waals surface area contributed by atoms with Crippen molar-refractivity contribution in [3.8, 4) is 0 Å². The topological polar surface area (TPSA) is 141 Å². The molecule has 0 spiro atoms. The van der Waals surface area contributed by atoms with Gasteiger partial charge in [-0.1, -0.05) is 106 Å². The molecule has 0 aliphatic carbocycles. The number of carbonyl (C=O) groups is 2. The molecule has 7 bridgehead atoms. The van der Waals surface area contributed by atoms with Crippen molar-refractivity contribution in [1.29, 1.82) is 0 Å². The van der Waals surface area contributed by atoms with Gasteiger partial charge < -0.3 is 39.0 Å². The van der Waals surface area contributed by atoms with Crippen molar-refractivity contribution in [2.45, 2.75) is 165 Å². The third-order valence-corrected chi connectivity index (χ3v) is 12.0. The molecular weight excluding hydrogens is 763 g/mol. The summed E-state index contributed by atoms with van der Waals surface area (Å²) >= 11 is 0. The van der Waals surface area contributed by atoms with Crippen molar-refractivity contribution in [2.24, 2.45) is 17.8 Å². The lowest BCUT2D eigenvalue weighted by molar-refractivity contribution is -0.228. The van der Waals surface area contributed by atoms with Crippen LogP contribution in [0.2, 0.25) is 0 Å². The van der Waals surface area contributed by atoms with Crippen LogP contribution in [-0.2, 0) is 33.3 Å². The minimum atomic E-state index is -3.08. The van der Waals surface area contributed by atoms with Gasteiger partial charge in [-0.3, -0.25) is 4.79 Å². The number of aliphatic hydroxyl groups is 2. The van der Waals surface area contributed by atoms with Crippen LogP contribution in [0.5, 0.6) is 0 Å². The normalized spacial score (nSPS) is 40.8. The van der Waals surface area contributed by atoms with Gasteiger partial charge in [0, 0.05) is 37.2 Å². The van der Waals surface area contributed by atoms with Crippen LogP contribution in [-0.4, -0.2) is 100 Å². The first-order valence-electron chi connectivity index (χ1n) is 21.4. The molecule has 326 valence electrons. The highest BCUT2D eigenvalue weighted by atomic mass is 19.3. The predicted molar refractivity (Wildman–Crippen MR) is 221 cm³/mol. The van der Waals surface area contributed by atoms with Crippen LogP contribution in [0.3, 0.4) is 0 Å². The second kappa shape index (κ2) is 22.4. The Labute approximate surface area is 348 Å². The fraction of sp³-hybridized carbons (Fsp3) is 0.617. The van der Waals surface area contributed by atoms with Crippen LogP contribution in [0.4, 0.5) is 8.78 Å². The van der Waals surface area contributed by atoms with Crippen LogP contribution in [0.1, 0.15) is 91.9 Å². The van der Waals surface area contributed by atoms with E-state index < -0.39 is 66.8 Å². The largest absolute Gasteiger partial charge is 0.481 e. The molecule has 0 saturated carbocycles. The molecule has 6 heterocycles. The first kappa shape index (κ1) is 46.5. The number of unbranched alkanes of at least 4 members (excludes halogenated alkanes) is 1. The quantitative estimate of drug-likeness (QED) is 0.131. The summed E-state index contributed by atoms with van der Waals surface area (Å²) in [5.41, 5.74) is 0.917. The van der Waals surface area contributed by atoms with Gasteiger partial charge in [-0.15, -0.1) is 0 Å². The van der Waals surface area contributed by atoms with E-state index >= 15 is 8.78 Å². The summed E-state index contributed by atoms with van der Waals surface area (Å²) < 4.78 is 61.6. The number of ether oxygens (including phenoxy) is 5. The van der Waals surface area contributed by atoms with Gasteiger partial charge in [0.05, 0.1) is 36.6 Å². The zero-order chi connectivity index (χ0) is 42.5. The summed E-state index contributed by atoms with van der Waals surface area (Å²) in [5.74, 6) is -5.28. The number of aliphatic hydroxyl groups excluding tert-OH is 2. The monoisotopic (exact) mass is 826 g/mol. The highest BCUT2D eigenvalue weighted by molar-refractivity contribution is 5.82. The maximum absolute atomic E-state index is 15.2. The molecule has 6 aliphatic rings. The van der Waals surface area contributed by atoms with Gasteiger partial charge in [-0.25, -0.2) is 13.6 Å². The summed E-state index contributed by atoms with van der Waals surface area (Å²) in [6, 6.07) is 0. The van der Waals surface area contributed by atoms with Crippen molar-refractivity contribution in [1.82, 2.24) is 0 Å². The standard InChI is InChI=1S/C47H64F2O10/c1-30(17-14-15-23-43(51)52)27-31(2)46-39-26-25-34(55-46)18-10-6-5-7-11-19-35(50)45(54)42-29-47(48,49)33(4)37(57-42)22-16-21-36-32(3)40-28-41(56-36)38(58-40)20-12-8-9-13-24-44(53)59-39/h6,8-13,16,19-21,24-27,30,32-42,45-46,50,54H,5,7,14-15,17-18,22-23,28-29H2,1-4H3,(H,51,52)/b9-8-,10-6+,19-11+,20-12+,21-16+,24-13-,31-27+/t30-,32+,33+,34+,35+,36+,37-,38-,39-,40-,41-,42-,45+,46+/m1/s1. The Morgan fingerprint density at radius 2 is 1.59 bits per heavy atom. The van der Waals surface area contributed by atoms with Crippen LogP contribution < -0.4 is 0 Å². The Morgan fingerprint density at radius 1 is 0.831 bits per heavy atom. The maximum atomic E-state index is 15.2. The number of hydrogen-bond donors (Lipinski definition) is 3. The zero-order valence-corrected chi connectivity index (χ0v) is 34.8. The van der Waals surface area contributed by atoms with Gasteiger partial charge in [0.15, 0.2) is 6.10 Å². The molecule has 14 atom stereocenters. The van der Waals surface area contributed by atoms with Gasteiger partial charge in [0.25, 0.3) is 5.92 Å². The zero-order valence-electron chi connectivity index (χ0n) is 34.8. The molecule has 12 heteroatoms. The van der Waals surface area contributed by atoms with Crippen LogP contribution in [0.25, 0.3) is 0 Å². The predicted octanol–water partition coefficient (Wildman–Crippen LogP) is 8.07. The number of esters is 1. The van der Waals surface area contributed by atoms with Crippen molar-refractivity contribution in [3.63, 3.8) is 0 Å². The maximum Gasteiger partial charge on any atom is 0.331 e. The van der Waals surface area contributed by atoms with E-state index in [1.165, 1.54) is 19.1 Å². The first-order chi connectivity index (χ1) is 28.2. The molecule has 0 amide bonds. The fourth-order valence-electron chi connectivity index (χ4n) is 8.37. The second-order valence-electron chi connectivity index (χ2n) is 16.7. The Morgan fingerprint density at radius 3 is 2.39 bits per heavy atom. The number of carbonyl (C=O) groups excluding carboxylic acids is 1. The minimum absolute atomic E-state index is 0.0329. The number of fused-ring (bicyclic) bond motifs is 13. The van der Waals surface area contributed by atoms with E-state index in [9.17, 15) is 19.8 Å². The average Bonchev–Trinajstić information content (AvgIpc) is 3.54. The third kappa shape index (κ3) is 13.7. The van der Waals surface area contributed by atoms with Gasteiger partial charge in [-0.05, 0) is 63.0 Å². The molecule has 0 unspecified atom stereocenters. The van der Waals surface area contributed by atoms with E-state index in [1.807, 2.05) is 62.5 Å². The lowest BCUT2D eigenvalue weighted by Crippen LogP contribution is -2.53. The molecule has 0 aromatic heterocycles.